The minimum Gasteiger partial charge on any atom is -0.482 e. The van der Waals surface area contributed by atoms with Crippen molar-refractivity contribution in [2.75, 3.05) is 30.8 Å². The van der Waals surface area contributed by atoms with Crippen molar-refractivity contribution < 1.29 is 27.5 Å². The molecule has 0 aliphatic carbocycles. The highest BCUT2D eigenvalue weighted by atomic mass is 32.2. The van der Waals surface area contributed by atoms with Gasteiger partial charge in [0.05, 0.1) is 11.9 Å². The highest BCUT2D eigenvalue weighted by Crippen LogP contribution is 2.19. The van der Waals surface area contributed by atoms with Crippen LogP contribution in [0.1, 0.15) is 21.5 Å². The lowest BCUT2D eigenvalue weighted by Gasteiger charge is -2.16. The average molecular weight is 405 g/mol. The van der Waals surface area contributed by atoms with Crippen molar-refractivity contribution in [3.05, 3.63) is 59.2 Å². The first-order valence-electron chi connectivity index (χ1n) is 8.51. The minimum absolute atomic E-state index is 0.296. The van der Waals surface area contributed by atoms with Crippen molar-refractivity contribution >= 4 is 27.5 Å². The highest BCUT2D eigenvalue weighted by molar-refractivity contribution is 7.92. The number of hydrogen-bond acceptors (Lipinski definition) is 6. The molecule has 28 heavy (non-hydrogen) atoms. The Morgan fingerprint density at radius 1 is 1.00 bits per heavy atom. The number of sulfonamides is 1. The first-order valence-corrected chi connectivity index (χ1v) is 10.4. The zero-order valence-corrected chi connectivity index (χ0v) is 17.1. The lowest BCUT2D eigenvalue weighted by atomic mass is 10.1. The maximum Gasteiger partial charge on any atom is 0.344 e. The van der Waals surface area contributed by atoms with Gasteiger partial charge in [-0.3, -0.25) is 9.10 Å². The van der Waals surface area contributed by atoms with Crippen LogP contribution in [0, 0.1) is 13.8 Å². The summed E-state index contributed by atoms with van der Waals surface area (Å²) in [6, 6.07) is 11.6. The second-order valence-electron chi connectivity index (χ2n) is 6.42. The van der Waals surface area contributed by atoms with Gasteiger partial charge in [-0.15, -0.1) is 0 Å². The molecule has 0 heterocycles. The molecule has 7 nitrogen and oxygen atoms in total. The molecular weight excluding hydrogens is 382 g/mol. The van der Waals surface area contributed by atoms with Gasteiger partial charge in [0.25, 0.3) is 0 Å². The molecule has 2 aromatic carbocycles. The van der Waals surface area contributed by atoms with E-state index in [-0.39, 0.29) is 6.61 Å². The summed E-state index contributed by atoms with van der Waals surface area (Å²) < 4.78 is 34.5. The lowest BCUT2D eigenvalue weighted by Crippen LogP contribution is -2.24. The molecule has 0 N–H and O–H groups in total. The molecule has 0 unspecified atom stereocenters. The average Bonchev–Trinajstić information content (AvgIpc) is 2.64. The Bertz CT molecular complexity index is 967. The van der Waals surface area contributed by atoms with E-state index in [1.807, 2.05) is 26.0 Å². The van der Waals surface area contributed by atoms with Crippen LogP contribution in [-0.4, -0.2) is 46.7 Å². The SMILES string of the molecule is Cc1ccc(OCC(=O)OCC(=O)c2ccc(N(C)S(C)(=O)=O)cc2)c(C)c1. The molecule has 2 rings (SSSR count). The van der Waals surface area contributed by atoms with E-state index in [1.54, 1.807) is 6.07 Å². The summed E-state index contributed by atoms with van der Waals surface area (Å²) in [4.78, 5) is 24.0. The smallest absolute Gasteiger partial charge is 0.344 e. The standard InChI is InChI=1S/C20H23NO6S/c1-14-5-10-19(15(2)11-14)26-13-20(23)27-12-18(22)16-6-8-17(9-7-16)21(3)28(4,24)25/h5-11H,12-13H2,1-4H3. The molecule has 0 saturated carbocycles. The summed E-state index contributed by atoms with van der Waals surface area (Å²) in [5, 5.41) is 0. The summed E-state index contributed by atoms with van der Waals surface area (Å²) in [5.41, 5.74) is 2.74. The van der Waals surface area contributed by atoms with Crippen LogP contribution in [0.3, 0.4) is 0 Å². The number of Topliss-reactive ketones (excluding diaryl/α,β-unsaturated/α-hetero) is 1. The van der Waals surface area contributed by atoms with Crippen molar-refractivity contribution in [2.45, 2.75) is 13.8 Å². The van der Waals surface area contributed by atoms with Crippen molar-refractivity contribution in [2.24, 2.45) is 0 Å². The van der Waals surface area contributed by atoms with Crippen LogP contribution in [0.5, 0.6) is 5.75 Å². The summed E-state index contributed by atoms with van der Waals surface area (Å²) >= 11 is 0. The van der Waals surface area contributed by atoms with Crippen molar-refractivity contribution in [3.8, 4) is 5.75 Å². The fraction of sp³-hybridized carbons (Fsp3) is 0.300. The van der Waals surface area contributed by atoms with Crippen LogP contribution in [0.25, 0.3) is 0 Å². The van der Waals surface area contributed by atoms with Crippen molar-refractivity contribution in [1.29, 1.82) is 0 Å². The summed E-state index contributed by atoms with van der Waals surface area (Å²) in [7, 11) is -1.96. The third-order valence-corrected chi connectivity index (χ3v) is 5.30. The number of hydrogen-bond donors (Lipinski definition) is 0. The van der Waals surface area contributed by atoms with E-state index >= 15 is 0 Å². The molecule has 0 aromatic heterocycles. The fourth-order valence-electron chi connectivity index (χ4n) is 2.42. The third-order valence-electron chi connectivity index (χ3n) is 4.09. The summed E-state index contributed by atoms with van der Waals surface area (Å²) in [6.07, 6.45) is 1.09. The molecule has 8 heteroatoms. The van der Waals surface area contributed by atoms with Gasteiger partial charge in [0.1, 0.15) is 5.75 Å². The molecular formula is C20H23NO6S. The maximum absolute atomic E-state index is 12.1. The quantitative estimate of drug-likeness (QED) is 0.495. The van der Waals surface area contributed by atoms with Crippen LogP contribution < -0.4 is 9.04 Å². The van der Waals surface area contributed by atoms with Crippen LogP contribution in [0.15, 0.2) is 42.5 Å². The number of aryl methyl sites for hydroxylation is 2. The minimum atomic E-state index is -3.38. The number of ether oxygens (including phenoxy) is 2. The summed E-state index contributed by atoms with van der Waals surface area (Å²) in [5.74, 6) is -0.463. The topological polar surface area (TPSA) is 90.0 Å². The van der Waals surface area contributed by atoms with Gasteiger partial charge in [-0.05, 0) is 49.7 Å². The highest BCUT2D eigenvalue weighted by Gasteiger charge is 2.14. The Morgan fingerprint density at radius 3 is 2.21 bits per heavy atom. The molecule has 0 bridgehead atoms. The zero-order valence-electron chi connectivity index (χ0n) is 16.3. The Hall–Kier alpha value is -2.87. The number of rotatable bonds is 8. The van der Waals surface area contributed by atoms with Gasteiger partial charge in [-0.1, -0.05) is 17.7 Å². The van der Waals surface area contributed by atoms with E-state index in [0.29, 0.717) is 17.0 Å². The van der Waals surface area contributed by atoms with Crippen molar-refractivity contribution in [3.63, 3.8) is 0 Å². The number of nitrogens with zero attached hydrogens (tertiary/aromatic N) is 1. The molecule has 0 saturated heterocycles. The normalized spacial score (nSPS) is 11.0. The Balaban J connectivity index is 1.86. The van der Waals surface area contributed by atoms with Gasteiger partial charge in [0, 0.05) is 12.6 Å². The van der Waals surface area contributed by atoms with Crippen LogP contribution in [0.4, 0.5) is 5.69 Å². The summed E-state index contributed by atoms with van der Waals surface area (Å²) in [6.45, 7) is 3.12. The number of ketones is 1. The van der Waals surface area contributed by atoms with Gasteiger partial charge >= 0.3 is 5.97 Å². The number of carbonyl (C=O) groups excluding carboxylic acids is 2. The number of benzene rings is 2. The van der Waals surface area contributed by atoms with E-state index < -0.39 is 28.4 Å². The van der Waals surface area contributed by atoms with E-state index in [2.05, 4.69) is 0 Å². The van der Waals surface area contributed by atoms with Gasteiger partial charge < -0.3 is 9.47 Å². The van der Waals surface area contributed by atoms with Gasteiger partial charge in [0.2, 0.25) is 10.0 Å². The second kappa shape index (κ2) is 8.88. The van der Waals surface area contributed by atoms with Gasteiger partial charge in [-0.2, -0.15) is 0 Å². The van der Waals surface area contributed by atoms with Gasteiger partial charge in [-0.25, -0.2) is 13.2 Å². The Labute approximate surface area is 164 Å². The van der Waals surface area contributed by atoms with Crippen LogP contribution >= 0.6 is 0 Å². The van der Waals surface area contributed by atoms with Crippen LogP contribution in [0.2, 0.25) is 0 Å². The van der Waals surface area contributed by atoms with Gasteiger partial charge in [0.15, 0.2) is 19.0 Å². The first kappa shape index (κ1) is 21.4. The van der Waals surface area contributed by atoms with E-state index in [9.17, 15) is 18.0 Å². The first-order chi connectivity index (χ1) is 13.1. The molecule has 0 aliphatic rings. The molecule has 0 radical (unpaired) electrons. The molecule has 0 fully saturated rings. The molecule has 0 amide bonds. The molecule has 150 valence electrons. The largest absolute Gasteiger partial charge is 0.482 e. The predicted molar refractivity (Wildman–Crippen MR) is 106 cm³/mol. The number of esters is 1. The maximum atomic E-state index is 12.1. The predicted octanol–water partition coefficient (Wildman–Crippen LogP) is 2.50. The van der Waals surface area contributed by atoms with E-state index in [1.165, 1.54) is 31.3 Å². The third kappa shape index (κ3) is 5.82. The Morgan fingerprint density at radius 2 is 1.64 bits per heavy atom. The zero-order chi connectivity index (χ0) is 20.9. The lowest BCUT2D eigenvalue weighted by molar-refractivity contribution is -0.144. The van der Waals surface area contributed by atoms with Crippen LogP contribution in [-0.2, 0) is 19.6 Å². The fourth-order valence-corrected chi connectivity index (χ4v) is 2.92. The Kier molecular flexibility index (Phi) is 6.80. The van der Waals surface area contributed by atoms with E-state index in [4.69, 9.17) is 9.47 Å². The van der Waals surface area contributed by atoms with E-state index in [0.717, 1.165) is 21.7 Å². The van der Waals surface area contributed by atoms with Crippen molar-refractivity contribution in [1.82, 2.24) is 0 Å². The second-order valence-corrected chi connectivity index (χ2v) is 8.43. The molecule has 0 spiro atoms. The molecule has 0 aliphatic heterocycles. The monoisotopic (exact) mass is 405 g/mol. The molecule has 0 atom stereocenters. The number of carbonyl (C=O) groups is 2. The number of anilines is 1. The molecule has 2 aromatic rings.